The molecule has 2 nitrogen and oxygen atoms in total. The zero-order valence-corrected chi connectivity index (χ0v) is 10.5. The lowest BCUT2D eigenvalue weighted by molar-refractivity contribution is 0.924. The molecule has 88 valence electrons. The van der Waals surface area contributed by atoms with Crippen LogP contribution in [0.15, 0.2) is 48.5 Å². The van der Waals surface area contributed by atoms with Crippen LogP contribution < -0.4 is 10.6 Å². The van der Waals surface area contributed by atoms with E-state index in [1.807, 2.05) is 43.4 Å². The molecule has 0 atom stereocenters. The first-order valence-corrected chi connectivity index (χ1v) is 5.84. The molecule has 0 saturated carbocycles. The molecule has 17 heavy (non-hydrogen) atoms. The van der Waals surface area contributed by atoms with Crippen molar-refractivity contribution in [2.24, 2.45) is 0 Å². The van der Waals surface area contributed by atoms with E-state index >= 15 is 0 Å². The lowest BCUT2D eigenvalue weighted by Gasteiger charge is -2.20. The van der Waals surface area contributed by atoms with Gasteiger partial charge in [0.25, 0.3) is 0 Å². The van der Waals surface area contributed by atoms with Crippen LogP contribution in [0.3, 0.4) is 0 Å². The maximum Gasteiger partial charge on any atom is 0.0457 e. The molecule has 2 N–H and O–H groups in total. The Bertz CT molecular complexity index is 497. The number of para-hydroxylation sites is 1. The number of anilines is 2. The largest absolute Gasteiger partial charge is 0.399 e. The fourth-order valence-corrected chi connectivity index (χ4v) is 1.92. The van der Waals surface area contributed by atoms with Gasteiger partial charge in [-0.3, -0.25) is 0 Å². The van der Waals surface area contributed by atoms with Crippen LogP contribution in [0.25, 0.3) is 0 Å². The summed E-state index contributed by atoms with van der Waals surface area (Å²) in [5.41, 5.74) is 8.70. The summed E-state index contributed by atoms with van der Waals surface area (Å²) in [5.74, 6) is 0. The molecule has 0 amide bonds. The molecule has 0 unspecified atom stereocenters. The Hall–Kier alpha value is -1.67. The minimum absolute atomic E-state index is 0.742. The number of nitrogens with zero attached hydrogens (tertiary/aromatic N) is 1. The lowest BCUT2D eigenvalue weighted by atomic mass is 10.2. The monoisotopic (exact) mass is 246 g/mol. The van der Waals surface area contributed by atoms with E-state index in [2.05, 4.69) is 17.0 Å². The summed E-state index contributed by atoms with van der Waals surface area (Å²) in [5, 5.41) is 0.752. The average Bonchev–Trinajstić information content (AvgIpc) is 2.35. The van der Waals surface area contributed by atoms with Crippen molar-refractivity contribution in [3.63, 3.8) is 0 Å². The van der Waals surface area contributed by atoms with Crippen LogP contribution >= 0.6 is 11.6 Å². The van der Waals surface area contributed by atoms with Crippen molar-refractivity contribution in [2.75, 3.05) is 17.7 Å². The maximum atomic E-state index is 6.15. The van der Waals surface area contributed by atoms with Crippen LogP contribution in [0.2, 0.25) is 5.02 Å². The summed E-state index contributed by atoms with van der Waals surface area (Å²) in [6.07, 6.45) is 0. The smallest absolute Gasteiger partial charge is 0.0457 e. The maximum absolute atomic E-state index is 6.15. The fourth-order valence-electron chi connectivity index (χ4n) is 1.75. The van der Waals surface area contributed by atoms with Gasteiger partial charge in [0.1, 0.15) is 0 Å². The van der Waals surface area contributed by atoms with Crippen molar-refractivity contribution in [1.29, 1.82) is 0 Å². The molecular formula is C14H15ClN2. The van der Waals surface area contributed by atoms with Crippen molar-refractivity contribution in [1.82, 2.24) is 0 Å². The van der Waals surface area contributed by atoms with Gasteiger partial charge in [0.2, 0.25) is 0 Å². The summed E-state index contributed by atoms with van der Waals surface area (Å²) < 4.78 is 0. The summed E-state index contributed by atoms with van der Waals surface area (Å²) in [6, 6.07) is 15.8. The first-order chi connectivity index (χ1) is 8.16. The summed E-state index contributed by atoms with van der Waals surface area (Å²) in [7, 11) is 2.04. The highest BCUT2D eigenvalue weighted by Gasteiger charge is 2.05. The van der Waals surface area contributed by atoms with Gasteiger partial charge in [-0.1, -0.05) is 29.8 Å². The Labute approximate surface area is 107 Å². The number of halogens is 1. The van der Waals surface area contributed by atoms with Crippen LogP contribution in [0.5, 0.6) is 0 Å². The molecule has 0 aliphatic rings. The molecule has 3 heteroatoms. The van der Waals surface area contributed by atoms with Gasteiger partial charge >= 0.3 is 0 Å². The highest BCUT2D eigenvalue weighted by atomic mass is 35.5. The van der Waals surface area contributed by atoms with Gasteiger partial charge in [-0.05, 0) is 35.9 Å². The van der Waals surface area contributed by atoms with Gasteiger partial charge in [-0.15, -0.1) is 0 Å². The van der Waals surface area contributed by atoms with Crippen molar-refractivity contribution in [3.8, 4) is 0 Å². The van der Waals surface area contributed by atoms with E-state index in [1.165, 1.54) is 0 Å². The third kappa shape index (κ3) is 2.92. The van der Waals surface area contributed by atoms with Gasteiger partial charge in [0, 0.05) is 30.0 Å². The van der Waals surface area contributed by atoms with E-state index in [9.17, 15) is 0 Å². The van der Waals surface area contributed by atoms with Crippen LogP contribution in [-0.2, 0) is 6.54 Å². The normalized spacial score (nSPS) is 10.2. The Morgan fingerprint density at radius 2 is 1.82 bits per heavy atom. The number of nitrogen functional groups attached to an aromatic ring is 1. The topological polar surface area (TPSA) is 29.3 Å². The van der Waals surface area contributed by atoms with Crippen molar-refractivity contribution >= 4 is 23.0 Å². The van der Waals surface area contributed by atoms with Crippen molar-refractivity contribution < 1.29 is 0 Å². The first kappa shape index (κ1) is 11.8. The second kappa shape index (κ2) is 5.11. The number of benzene rings is 2. The molecule has 2 aromatic carbocycles. The van der Waals surface area contributed by atoms with Crippen LogP contribution in [0.4, 0.5) is 11.4 Å². The number of hydrogen-bond donors (Lipinski definition) is 1. The highest BCUT2D eigenvalue weighted by molar-refractivity contribution is 6.31. The van der Waals surface area contributed by atoms with Gasteiger partial charge in [0.05, 0.1) is 0 Å². The molecule has 0 bridgehead atoms. The quantitative estimate of drug-likeness (QED) is 0.840. The van der Waals surface area contributed by atoms with E-state index in [0.29, 0.717) is 0 Å². The van der Waals surface area contributed by atoms with Crippen molar-refractivity contribution in [2.45, 2.75) is 6.54 Å². The van der Waals surface area contributed by atoms with E-state index in [0.717, 1.165) is 28.5 Å². The number of hydrogen-bond acceptors (Lipinski definition) is 2. The third-order valence-corrected chi connectivity index (χ3v) is 3.04. The average molecular weight is 247 g/mol. The van der Waals surface area contributed by atoms with E-state index in [4.69, 9.17) is 17.3 Å². The minimum atomic E-state index is 0.742. The molecule has 0 heterocycles. The molecular weight excluding hydrogens is 232 g/mol. The Morgan fingerprint density at radius 3 is 2.53 bits per heavy atom. The molecule has 0 aliphatic heterocycles. The molecule has 0 fully saturated rings. The standard InChI is InChI=1S/C14H15ClN2/c1-17(13-5-3-2-4-6-13)10-11-9-12(16)7-8-14(11)15/h2-9H,10,16H2,1H3. The second-order valence-electron chi connectivity index (χ2n) is 4.04. The fraction of sp³-hybridized carbons (Fsp3) is 0.143. The Balaban J connectivity index is 2.18. The van der Waals surface area contributed by atoms with Gasteiger partial charge in [-0.2, -0.15) is 0 Å². The molecule has 0 spiro atoms. The first-order valence-electron chi connectivity index (χ1n) is 5.47. The molecule has 0 aliphatic carbocycles. The molecule has 2 rings (SSSR count). The summed E-state index contributed by atoms with van der Waals surface area (Å²) in [4.78, 5) is 2.14. The van der Waals surface area contributed by atoms with E-state index < -0.39 is 0 Å². The molecule has 2 aromatic rings. The zero-order valence-electron chi connectivity index (χ0n) is 9.73. The van der Waals surface area contributed by atoms with E-state index in [-0.39, 0.29) is 0 Å². The van der Waals surface area contributed by atoms with Crippen LogP contribution in [-0.4, -0.2) is 7.05 Å². The third-order valence-electron chi connectivity index (χ3n) is 2.67. The van der Waals surface area contributed by atoms with E-state index in [1.54, 1.807) is 0 Å². The van der Waals surface area contributed by atoms with Gasteiger partial charge in [-0.25, -0.2) is 0 Å². The SMILES string of the molecule is CN(Cc1cc(N)ccc1Cl)c1ccccc1. The Kier molecular flexibility index (Phi) is 3.55. The molecule has 0 radical (unpaired) electrons. The second-order valence-corrected chi connectivity index (χ2v) is 4.45. The van der Waals surface area contributed by atoms with Crippen LogP contribution in [0, 0.1) is 0 Å². The molecule has 0 aromatic heterocycles. The predicted octanol–water partition coefficient (Wildman–Crippen LogP) is 3.56. The summed E-state index contributed by atoms with van der Waals surface area (Å²) in [6.45, 7) is 0.744. The number of nitrogens with two attached hydrogens (primary N) is 1. The lowest BCUT2D eigenvalue weighted by Crippen LogP contribution is -2.16. The van der Waals surface area contributed by atoms with Gasteiger partial charge < -0.3 is 10.6 Å². The summed E-state index contributed by atoms with van der Waals surface area (Å²) >= 11 is 6.15. The zero-order chi connectivity index (χ0) is 12.3. The predicted molar refractivity (Wildman–Crippen MR) is 74.4 cm³/mol. The van der Waals surface area contributed by atoms with Crippen molar-refractivity contribution in [3.05, 3.63) is 59.1 Å². The number of rotatable bonds is 3. The van der Waals surface area contributed by atoms with Gasteiger partial charge in [0.15, 0.2) is 0 Å². The highest BCUT2D eigenvalue weighted by Crippen LogP contribution is 2.22. The molecule has 0 saturated heterocycles. The van der Waals surface area contributed by atoms with Crippen LogP contribution in [0.1, 0.15) is 5.56 Å². The minimum Gasteiger partial charge on any atom is -0.399 e. The Morgan fingerprint density at radius 1 is 1.12 bits per heavy atom.